The molecule has 0 amide bonds. The molecule has 1 unspecified atom stereocenters. The summed E-state index contributed by atoms with van der Waals surface area (Å²) in [7, 11) is -3.62. The minimum atomic E-state index is -3.62. The molecule has 0 spiro atoms. The van der Waals surface area contributed by atoms with Crippen molar-refractivity contribution in [3.05, 3.63) is 28.8 Å². The van der Waals surface area contributed by atoms with Crippen LogP contribution in [0.15, 0.2) is 17.0 Å². The second kappa shape index (κ2) is 7.77. The molecule has 0 aliphatic carbocycles. The van der Waals surface area contributed by atoms with Crippen molar-refractivity contribution in [3.63, 3.8) is 0 Å². The van der Waals surface area contributed by atoms with Crippen LogP contribution in [0.1, 0.15) is 88.8 Å². The fourth-order valence-electron chi connectivity index (χ4n) is 3.61. The Morgan fingerprint density at radius 3 is 1.96 bits per heavy atom. The van der Waals surface area contributed by atoms with Gasteiger partial charge in [-0.15, -0.1) is 0 Å². The Morgan fingerprint density at radius 2 is 1.56 bits per heavy atom. The standard InChI is InChI=1S/C20H33NO3S/c1-13(2)16-10-18(14(3)4)20(19(11-16)15(5)6)25(23,24)21-9-7-8-17(21)12-22/h10-11,13-15,17,22H,7-9,12H2,1-6H3. The van der Waals surface area contributed by atoms with Gasteiger partial charge in [-0.3, -0.25) is 0 Å². The normalized spacial score (nSPS) is 19.5. The Hall–Kier alpha value is -0.910. The second-order valence-corrected chi connectivity index (χ2v) is 9.91. The Labute approximate surface area is 153 Å². The van der Waals surface area contributed by atoms with E-state index in [1.807, 2.05) is 0 Å². The fourth-order valence-corrected chi connectivity index (χ4v) is 5.97. The lowest BCUT2D eigenvalue weighted by Gasteiger charge is -2.28. The van der Waals surface area contributed by atoms with Crippen LogP contribution in [-0.4, -0.2) is 37.0 Å². The zero-order valence-corrected chi connectivity index (χ0v) is 17.2. The lowest BCUT2D eigenvalue weighted by Crippen LogP contribution is -2.38. The first kappa shape index (κ1) is 20.4. The SMILES string of the molecule is CC(C)c1cc(C(C)C)c(S(=O)(=O)N2CCCC2CO)c(C(C)C)c1. The number of nitrogens with zero attached hydrogens (tertiary/aromatic N) is 1. The molecule has 1 aromatic rings. The van der Waals surface area contributed by atoms with Gasteiger partial charge in [-0.1, -0.05) is 53.7 Å². The summed E-state index contributed by atoms with van der Waals surface area (Å²) < 4.78 is 28.6. The quantitative estimate of drug-likeness (QED) is 0.820. The van der Waals surface area contributed by atoms with Gasteiger partial charge in [0.25, 0.3) is 0 Å². The summed E-state index contributed by atoms with van der Waals surface area (Å²) >= 11 is 0. The maximum atomic E-state index is 13.6. The third-order valence-electron chi connectivity index (χ3n) is 5.18. The number of aliphatic hydroxyl groups excluding tert-OH is 1. The maximum Gasteiger partial charge on any atom is 0.243 e. The summed E-state index contributed by atoms with van der Waals surface area (Å²) in [5, 5.41) is 9.61. The van der Waals surface area contributed by atoms with Crippen molar-refractivity contribution in [3.8, 4) is 0 Å². The molecule has 2 rings (SSSR count). The lowest BCUT2D eigenvalue weighted by molar-refractivity contribution is 0.213. The van der Waals surface area contributed by atoms with Gasteiger partial charge in [0.2, 0.25) is 10.0 Å². The highest BCUT2D eigenvalue weighted by molar-refractivity contribution is 7.89. The van der Waals surface area contributed by atoms with E-state index in [1.54, 1.807) is 0 Å². The van der Waals surface area contributed by atoms with Gasteiger partial charge in [-0.25, -0.2) is 8.42 Å². The Balaban J connectivity index is 2.73. The predicted molar refractivity (Wildman–Crippen MR) is 103 cm³/mol. The van der Waals surface area contributed by atoms with Gasteiger partial charge < -0.3 is 5.11 Å². The van der Waals surface area contributed by atoms with E-state index >= 15 is 0 Å². The zero-order valence-electron chi connectivity index (χ0n) is 16.4. The van der Waals surface area contributed by atoms with Crippen LogP contribution >= 0.6 is 0 Å². The van der Waals surface area contributed by atoms with Gasteiger partial charge in [0, 0.05) is 12.6 Å². The van der Waals surface area contributed by atoms with Crippen molar-refractivity contribution < 1.29 is 13.5 Å². The third-order valence-corrected chi connectivity index (χ3v) is 7.27. The van der Waals surface area contributed by atoms with Crippen LogP contribution in [0.5, 0.6) is 0 Å². The number of rotatable bonds is 6. The molecular formula is C20H33NO3S. The van der Waals surface area contributed by atoms with E-state index in [0.717, 1.165) is 24.0 Å². The largest absolute Gasteiger partial charge is 0.395 e. The molecule has 1 aromatic carbocycles. The van der Waals surface area contributed by atoms with Crippen LogP contribution in [0.25, 0.3) is 0 Å². The highest BCUT2D eigenvalue weighted by Gasteiger charge is 2.38. The minimum Gasteiger partial charge on any atom is -0.395 e. The monoisotopic (exact) mass is 367 g/mol. The van der Waals surface area contributed by atoms with Crippen LogP contribution in [0.4, 0.5) is 0 Å². The first-order chi connectivity index (χ1) is 11.6. The van der Waals surface area contributed by atoms with E-state index in [2.05, 4.69) is 53.7 Å². The predicted octanol–water partition coefficient (Wildman–Crippen LogP) is 4.20. The lowest BCUT2D eigenvalue weighted by atomic mass is 9.89. The van der Waals surface area contributed by atoms with E-state index < -0.39 is 10.0 Å². The molecule has 1 aliphatic heterocycles. The van der Waals surface area contributed by atoms with E-state index in [4.69, 9.17) is 0 Å². The molecule has 0 bridgehead atoms. The average molecular weight is 368 g/mol. The maximum absolute atomic E-state index is 13.6. The number of benzene rings is 1. The van der Waals surface area contributed by atoms with Crippen LogP contribution < -0.4 is 0 Å². The summed E-state index contributed by atoms with van der Waals surface area (Å²) in [4.78, 5) is 0.474. The minimum absolute atomic E-state index is 0.114. The molecule has 1 N–H and O–H groups in total. The Kier molecular flexibility index (Phi) is 6.34. The molecule has 4 nitrogen and oxygen atoms in total. The van der Waals surface area contributed by atoms with Crippen molar-refractivity contribution >= 4 is 10.0 Å². The number of hydrogen-bond donors (Lipinski definition) is 1. The van der Waals surface area contributed by atoms with E-state index in [9.17, 15) is 13.5 Å². The van der Waals surface area contributed by atoms with Crippen molar-refractivity contribution in [2.24, 2.45) is 0 Å². The number of sulfonamides is 1. The summed E-state index contributed by atoms with van der Waals surface area (Å²) in [5.41, 5.74) is 2.99. The van der Waals surface area contributed by atoms with Gasteiger partial charge in [-0.05, 0) is 47.3 Å². The van der Waals surface area contributed by atoms with Gasteiger partial charge in [0.15, 0.2) is 0 Å². The molecule has 1 fully saturated rings. The molecular weight excluding hydrogens is 334 g/mol. The van der Waals surface area contributed by atoms with Crippen molar-refractivity contribution in [1.82, 2.24) is 4.31 Å². The number of aliphatic hydroxyl groups is 1. The molecule has 1 heterocycles. The van der Waals surface area contributed by atoms with Crippen LogP contribution in [-0.2, 0) is 10.0 Å². The molecule has 142 valence electrons. The smallest absolute Gasteiger partial charge is 0.243 e. The summed E-state index contributed by atoms with van der Waals surface area (Å²) in [6, 6.07) is 3.84. The van der Waals surface area contributed by atoms with Crippen molar-refractivity contribution in [2.75, 3.05) is 13.2 Å². The van der Waals surface area contributed by atoms with Crippen LogP contribution in [0.2, 0.25) is 0 Å². The molecule has 0 saturated carbocycles. The third kappa shape index (κ3) is 3.93. The first-order valence-corrected chi connectivity index (χ1v) is 10.9. The Morgan fingerprint density at radius 1 is 1.04 bits per heavy atom. The highest BCUT2D eigenvalue weighted by atomic mass is 32.2. The molecule has 1 aliphatic rings. The highest BCUT2D eigenvalue weighted by Crippen LogP contribution is 2.38. The first-order valence-electron chi connectivity index (χ1n) is 9.41. The average Bonchev–Trinajstić information content (AvgIpc) is 3.02. The van der Waals surface area contributed by atoms with E-state index in [1.165, 1.54) is 9.87 Å². The van der Waals surface area contributed by atoms with Gasteiger partial charge in [-0.2, -0.15) is 4.31 Å². The molecule has 1 saturated heterocycles. The number of hydrogen-bond acceptors (Lipinski definition) is 3. The molecule has 0 radical (unpaired) electrons. The topological polar surface area (TPSA) is 57.6 Å². The van der Waals surface area contributed by atoms with E-state index in [0.29, 0.717) is 17.4 Å². The van der Waals surface area contributed by atoms with Gasteiger partial charge >= 0.3 is 0 Å². The molecule has 0 aromatic heterocycles. The summed E-state index contributed by atoms with van der Waals surface area (Å²) in [6.07, 6.45) is 1.54. The zero-order chi connectivity index (χ0) is 18.9. The van der Waals surface area contributed by atoms with Crippen LogP contribution in [0, 0.1) is 0 Å². The van der Waals surface area contributed by atoms with E-state index in [-0.39, 0.29) is 24.5 Å². The van der Waals surface area contributed by atoms with Crippen molar-refractivity contribution in [2.45, 2.75) is 83.1 Å². The molecule has 1 atom stereocenters. The molecule has 5 heteroatoms. The second-order valence-electron chi connectivity index (χ2n) is 8.09. The fraction of sp³-hybridized carbons (Fsp3) is 0.700. The Bertz CT molecular complexity index is 679. The summed E-state index contributed by atoms with van der Waals surface area (Å²) in [5.74, 6) is 0.594. The van der Waals surface area contributed by atoms with Crippen LogP contribution in [0.3, 0.4) is 0 Å². The summed E-state index contributed by atoms with van der Waals surface area (Å²) in [6.45, 7) is 12.9. The van der Waals surface area contributed by atoms with Gasteiger partial charge in [0.05, 0.1) is 11.5 Å². The van der Waals surface area contributed by atoms with Crippen molar-refractivity contribution in [1.29, 1.82) is 0 Å². The molecule has 25 heavy (non-hydrogen) atoms. The van der Waals surface area contributed by atoms with Gasteiger partial charge in [0.1, 0.15) is 0 Å².